The predicted octanol–water partition coefficient (Wildman–Crippen LogP) is 6.85. The van der Waals surface area contributed by atoms with E-state index < -0.39 is 35.2 Å². The number of amides is 1. The van der Waals surface area contributed by atoms with Crippen molar-refractivity contribution in [2.45, 2.75) is 84.7 Å². The summed E-state index contributed by atoms with van der Waals surface area (Å²) in [5, 5.41) is 5.65. The van der Waals surface area contributed by atoms with Gasteiger partial charge in [-0.05, 0) is 45.0 Å². The Kier molecular flexibility index (Phi) is 12.1. The van der Waals surface area contributed by atoms with Crippen LogP contribution < -0.4 is 5.32 Å². The number of nitrogens with zero attached hydrogens (tertiary/aromatic N) is 3. The monoisotopic (exact) mass is 522 g/mol. The van der Waals surface area contributed by atoms with Crippen molar-refractivity contribution in [1.82, 2.24) is 20.0 Å². The van der Waals surface area contributed by atoms with Gasteiger partial charge in [0, 0.05) is 12.6 Å². The van der Waals surface area contributed by atoms with Crippen LogP contribution >= 0.6 is 11.6 Å². The van der Waals surface area contributed by atoms with E-state index in [-0.39, 0.29) is 24.1 Å². The van der Waals surface area contributed by atoms with E-state index in [0.717, 1.165) is 51.6 Å². The molecule has 11 heteroatoms. The number of rotatable bonds is 16. The van der Waals surface area contributed by atoms with Crippen molar-refractivity contribution in [1.29, 1.82) is 0 Å². The predicted molar refractivity (Wildman–Crippen MR) is 127 cm³/mol. The van der Waals surface area contributed by atoms with Crippen LogP contribution in [0.25, 0.3) is 0 Å². The van der Waals surface area contributed by atoms with E-state index in [1.807, 2.05) is 6.92 Å². The summed E-state index contributed by atoms with van der Waals surface area (Å²) in [6.07, 6.45) is 0.627. The van der Waals surface area contributed by atoms with Crippen molar-refractivity contribution >= 4 is 17.5 Å². The molecule has 1 amide bonds. The van der Waals surface area contributed by atoms with Gasteiger partial charge in [0.25, 0.3) is 18.8 Å². The third-order valence-corrected chi connectivity index (χ3v) is 6.01. The van der Waals surface area contributed by atoms with Gasteiger partial charge in [0.05, 0.1) is 11.6 Å². The molecule has 1 atom stereocenters. The fourth-order valence-corrected chi connectivity index (χ4v) is 4.17. The summed E-state index contributed by atoms with van der Waals surface area (Å²) in [7, 11) is 0. The first-order chi connectivity index (χ1) is 16.7. The second-order valence-corrected chi connectivity index (χ2v) is 9.08. The molecule has 0 aliphatic rings. The van der Waals surface area contributed by atoms with Gasteiger partial charge in [-0.1, -0.05) is 51.1 Å². The highest BCUT2D eigenvalue weighted by Crippen LogP contribution is 2.35. The molecule has 2 heterocycles. The summed E-state index contributed by atoms with van der Waals surface area (Å²) < 4.78 is 59.0. The molecule has 0 aromatic carbocycles. The quantitative estimate of drug-likeness (QED) is 0.193. The summed E-state index contributed by atoms with van der Waals surface area (Å²) in [5.74, 6) is -0.321. The van der Waals surface area contributed by atoms with Gasteiger partial charge in [-0.15, -0.1) is 0 Å². The Morgan fingerprint density at radius 2 is 1.71 bits per heavy atom. The van der Waals surface area contributed by atoms with E-state index in [4.69, 9.17) is 16.0 Å². The van der Waals surface area contributed by atoms with Crippen LogP contribution in [-0.4, -0.2) is 46.3 Å². The number of nitrogens with one attached hydrogen (secondary N) is 1. The van der Waals surface area contributed by atoms with Crippen LogP contribution in [0.5, 0.6) is 0 Å². The van der Waals surface area contributed by atoms with Gasteiger partial charge in [0.15, 0.2) is 5.76 Å². The van der Waals surface area contributed by atoms with Crippen molar-refractivity contribution in [2.24, 2.45) is 0 Å². The van der Waals surface area contributed by atoms with E-state index in [1.165, 1.54) is 12.1 Å². The fraction of sp³-hybridized carbons (Fsp3) is 0.667. The first kappa shape index (κ1) is 29.2. The van der Waals surface area contributed by atoms with Crippen LogP contribution in [0.15, 0.2) is 16.5 Å². The van der Waals surface area contributed by atoms with Crippen molar-refractivity contribution in [3.05, 3.63) is 40.1 Å². The highest BCUT2D eigenvalue weighted by atomic mass is 35.5. The normalized spacial score (nSPS) is 12.8. The number of carbonyl (C=O) groups excluding carboxylic acids is 1. The van der Waals surface area contributed by atoms with Crippen LogP contribution in [0.4, 0.5) is 17.6 Å². The van der Waals surface area contributed by atoms with Gasteiger partial charge in [-0.3, -0.25) is 9.48 Å². The zero-order valence-corrected chi connectivity index (χ0v) is 21.3. The fourth-order valence-electron chi connectivity index (χ4n) is 3.87. The lowest BCUT2D eigenvalue weighted by atomic mass is 10.2. The summed E-state index contributed by atoms with van der Waals surface area (Å²) >= 11 is 5.68. The maximum absolute atomic E-state index is 13.4. The third-order valence-electron chi connectivity index (χ3n) is 5.63. The summed E-state index contributed by atoms with van der Waals surface area (Å²) in [5.41, 5.74) is -1.73. The molecule has 35 heavy (non-hydrogen) atoms. The molecule has 0 aliphatic heterocycles. The van der Waals surface area contributed by atoms with Gasteiger partial charge >= 0.3 is 0 Å². The average molecular weight is 523 g/mol. The number of hydrogen-bond acceptors (Lipinski definition) is 4. The lowest BCUT2D eigenvalue weighted by Gasteiger charge is -2.26. The van der Waals surface area contributed by atoms with Crippen molar-refractivity contribution in [2.75, 3.05) is 19.6 Å². The van der Waals surface area contributed by atoms with Crippen molar-refractivity contribution in [3.8, 4) is 0 Å². The summed E-state index contributed by atoms with van der Waals surface area (Å²) in [4.78, 5) is 15.0. The zero-order valence-electron chi connectivity index (χ0n) is 20.5. The summed E-state index contributed by atoms with van der Waals surface area (Å²) in [6.45, 7) is 8.53. The van der Waals surface area contributed by atoms with E-state index in [1.54, 1.807) is 0 Å². The number of halogens is 5. The maximum Gasteiger partial charge on any atom is 0.287 e. The molecule has 6 nitrogen and oxygen atoms in total. The first-order valence-corrected chi connectivity index (χ1v) is 12.5. The number of unbranched alkanes of at least 4 members (excludes halogenated alkanes) is 4. The Bertz CT molecular complexity index is 909. The Morgan fingerprint density at radius 1 is 1.09 bits per heavy atom. The molecule has 198 valence electrons. The Balaban J connectivity index is 2.00. The molecule has 0 aliphatic carbocycles. The van der Waals surface area contributed by atoms with Gasteiger partial charge in [-0.25, -0.2) is 17.6 Å². The number of furan rings is 1. The van der Waals surface area contributed by atoms with Gasteiger partial charge < -0.3 is 14.6 Å². The van der Waals surface area contributed by atoms with Crippen LogP contribution in [0.1, 0.15) is 99.8 Å². The minimum absolute atomic E-state index is 0.00120. The van der Waals surface area contributed by atoms with E-state index in [0.29, 0.717) is 11.2 Å². The summed E-state index contributed by atoms with van der Waals surface area (Å²) in [6, 6.07) is 2.70. The molecule has 0 fully saturated rings. The topological polar surface area (TPSA) is 63.3 Å². The van der Waals surface area contributed by atoms with E-state index in [9.17, 15) is 22.4 Å². The van der Waals surface area contributed by atoms with Crippen LogP contribution in [0, 0.1) is 0 Å². The average Bonchev–Trinajstić information content (AvgIpc) is 3.38. The molecular formula is C24H35ClF4N4O2. The molecule has 0 bridgehead atoms. The lowest BCUT2D eigenvalue weighted by Crippen LogP contribution is -2.42. The van der Waals surface area contributed by atoms with Crippen LogP contribution in [-0.2, 0) is 6.54 Å². The minimum Gasteiger partial charge on any atom is -0.454 e. The van der Waals surface area contributed by atoms with Gasteiger partial charge in [-0.2, -0.15) is 5.10 Å². The third kappa shape index (κ3) is 8.83. The second kappa shape index (κ2) is 14.5. The molecule has 2 aromatic heterocycles. The molecule has 0 saturated carbocycles. The van der Waals surface area contributed by atoms with Gasteiger partial charge in [0.2, 0.25) is 0 Å². The molecule has 1 N–H and O–H groups in total. The lowest BCUT2D eigenvalue weighted by molar-refractivity contribution is 0.0897. The zero-order chi connectivity index (χ0) is 26.0. The first-order valence-electron chi connectivity index (χ1n) is 12.1. The number of hydrogen-bond donors (Lipinski definition) is 1. The van der Waals surface area contributed by atoms with Crippen molar-refractivity contribution < 1.29 is 26.8 Å². The standard InChI is InChI=1S/C24H35ClF4N4O2/c1-4-6-8-12-32(13-9-7-5-2)14-16(3)30-24(34)18-11-10-17(35-18)15-33-21(23(28)29)19(25)20(31-33)22(26)27/h10-11,16,22-23H,4-9,12-15H2,1-3H3,(H,30,34). The molecule has 2 rings (SSSR count). The molecule has 0 spiro atoms. The number of aromatic nitrogens is 2. The number of alkyl halides is 4. The van der Waals surface area contributed by atoms with Gasteiger partial charge in [0.1, 0.15) is 17.1 Å². The smallest absolute Gasteiger partial charge is 0.287 e. The molecule has 0 saturated heterocycles. The second-order valence-electron chi connectivity index (χ2n) is 8.70. The minimum atomic E-state index is -3.10. The van der Waals surface area contributed by atoms with Crippen molar-refractivity contribution in [3.63, 3.8) is 0 Å². The highest BCUT2D eigenvalue weighted by Gasteiger charge is 2.28. The Labute approximate surface area is 209 Å². The Hall–Kier alpha value is -2.07. The van der Waals surface area contributed by atoms with E-state index in [2.05, 4.69) is 29.2 Å². The maximum atomic E-state index is 13.4. The Morgan fingerprint density at radius 3 is 2.26 bits per heavy atom. The number of carbonyl (C=O) groups is 1. The van der Waals surface area contributed by atoms with E-state index >= 15 is 0 Å². The SMILES string of the molecule is CCCCCN(CCCCC)CC(C)NC(=O)c1ccc(Cn2nc(C(F)F)c(Cl)c2C(F)F)o1. The van der Waals surface area contributed by atoms with Crippen LogP contribution in [0.3, 0.4) is 0 Å². The molecule has 1 unspecified atom stereocenters. The highest BCUT2D eigenvalue weighted by molar-refractivity contribution is 6.32. The van der Waals surface area contributed by atoms with Crippen LogP contribution in [0.2, 0.25) is 5.02 Å². The molecule has 2 aromatic rings. The largest absolute Gasteiger partial charge is 0.454 e. The molecule has 0 radical (unpaired) electrons. The molecular weight excluding hydrogens is 488 g/mol.